The van der Waals surface area contributed by atoms with Gasteiger partial charge in [-0.2, -0.15) is 0 Å². The van der Waals surface area contributed by atoms with Gasteiger partial charge in [-0.15, -0.1) is 0 Å². The molecule has 138 valence electrons. The lowest BCUT2D eigenvalue weighted by Crippen LogP contribution is -2.38. The Morgan fingerprint density at radius 3 is 2.81 bits per heavy atom. The lowest BCUT2D eigenvalue weighted by molar-refractivity contribution is -0.151. The molecule has 1 aliphatic heterocycles. The summed E-state index contributed by atoms with van der Waals surface area (Å²) in [5.74, 6) is -0.806. The van der Waals surface area contributed by atoms with E-state index in [0.717, 1.165) is 35.9 Å². The number of nitrogens with one attached hydrogen (secondary N) is 1. The first-order valence-corrected chi connectivity index (χ1v) is 9.06. The first-order valence-electron chi connectivity index (χ1n) is 9.06. The average molecular weight is 356 g/mol. The van der Waals surface area contributed by atoms with Crippen molar-refractivity contribution in [2.75, 3.05) is 13.1 Å². The van der Waals surface area contributed by atoms with Crippen molar-refractivity contribution in [3.63, 3.8) is 0 Å². The zero-order valence-electron chi connectivity index (χ0n) is 15.2. The molecule has 0 spiro atoms. The second-order valence-corrected chi connectivity index (χ2v) is 6.79. The molecule has 0 unspecified atom stereocenters. The number of fused-ring (bicyclic) bond motifs is 1. The van der Waals surface area contributed by atoms with Crippen LogP contribution in [-0.4, -0.2) is 46.7 Å². The monoisotopic (exact) mass is 356 g/mol. The number of esters is 1. The molecule has 1 aromatic carbocycles. The number of nitrogens with zero attached hydrogens (tertiary/aromatic N) is 1. The van der Waals surface area contributed by atoms with Gasteiger partial charge in [-0.1, -0.05) is 24.6 Å². The molecule has 0 saturated carbocycles. The summed E-state index contributed by atoms with van der Waals surface area (Å²) >= 11 is 0. The SMILES string of the molecule is Cc1[nH]c2ccccc2c1C(=O)[C@@H](C)OC(=O)CN1CCCCCC1=O. The van der Waals surface area contributed by atoms with Gasteiger partial charge < -0.3 is 14.6 Å². The Hall–Kier alpha value is -2.63. The summed E-state index contributed by atoms with van der Waals surface area (Å²) in [6.07, 6.45) is 2.31. The highest BCUT2D eigenvalue weighted by atomic mass is 16.5. The number of hydrogen-bond donors (Lipinski definition) is 1. The maximum Gasteiger partial charge on any atom is 0.326 e. The van der Waals surface area contributed by atoms with E-state index in [2.05, 4.69) is 4.98 Å². The van der Waals surface area contributed by atoms with Crippen molar-refractivity contribution in [1.29, 1.82) is 0 Å². The van der Waals surface area contributed by atoms with E-state index in [1.807, 2.05) is 31.2 Å². The van der Waals surface area contributed by atoms with Crippen LogP contribution in [0.3, 0.4) is 0 Å². The Morgan fingerprint density at radius 2 is 2.00 bits per heavy atom. The molecule has 1 aromatic heterocycles. The summed E-state index contributed by atoms with van der Waals surface area (Å²) in [5.41, 5.74) is 2.18. The van der Waals surface area contributed by atoms with Gasteiger partial charge in [-0.25, -0.2) is 0 Å². The largest absolute Gasteiger partial charge is 0.453 e. The van der Waals surface area contributed by atoms with E-state index >= 15 is 0 Å². The van der Waals surface area contributed by atoms with Crippen LogP contribution in [0.4, 0.5) is 0 Å². The molecule has 26 heavy (non-hydrogen) atoms. The van der Waals surface area contributed by atoms with Crippen molar-refractivity contribution >= 4 is 28.6 Å². The van der Waals surface area contributed by atoms with Crippen LogP contribution in [0, 0.1) is 6.92 Å². The molecule has 2 aromatic rings. The lowest BCUT2D eigenvalue weighted by Gasteiger charge is -2.20. The van der Waals surface area contributed by atoms with E-state index in [1.165, 1.54) is 4.90 Å². The van der Waals surface area contributed by atoms with E-state index in [1.54, 1.807) is 6.92 Å². The molecule has 1 atom stereocenters. The molecule has 0 radical (unpaired) electrons. The Bertz CT molecular complexity index is 839. The van der Waals surface area contributed by atoms with E-state index in [9.17, 15) is 14.4 Å². The van der Waals surface area contributed by atoms with Crippen LogP contribution < -0.4 is 0 Å². The van der Waals surface area contributed by atoms with Gasteiger partial charge in [0.2, 0.25) is 11.7 Å². The number of ether oxygens (including phenoxy) is 1. The zero-order chi connectivity index (χ0) is 18.7. The van der Waals surface area contributed by atoms with Crippen LogP contribution >= 0.6 is 0 Å². The normalized spacial score (nSPS) is 16.4. The summed E-state index contributed by atoms with van der Waals surface area (Å²) in [6, 6.07) is 7.54. The number of carbonyl (C=O) groups is 3. The second kappa shape index (κ2) is 7.72. The van der Waals surface area contributed by atoms with E-state index < -0.39 is 12.1 Å². The van der Waals surface area contributed by atoms with Crippen molar-refractivity contribution in [3.8, 4) is 0 Å². The summed E-state index contributed by atoms with van der Waals surface area (Å²) in [4.78, 5) is 41.7. The number of Topliss-reactive ketones (excluding diaryl/α,β-unsaturated/α-hetero) is 1. The number of ketones is 1. The number of likely N-dealkylation sites (tertiary alicyclic amines) is 1. The number of aryl methyl sites for hydroxylation is 1. The molecule has 1 amide bonds. The predicted molar refractivity (Wildman–Crippen MR) is 98.0 cm³/mol. The maximum absolute atomic E-state index is 12.8. The molecule has 1 fully saturated rings. The van der Waals surface area contributed by atoms with Crippen molar-refractivity contribution in [2.24, 2.45) is 0 Å². The fraction of sp³-hybridized carbons (Fsp3) is 0.450. The minimum absolute atomic E-state index is 0.0223. The maximum atomic E-state index is 12.8. The first-order chi connectivity index (χ1) is 12.5. The minimum atomic E-state index is -0.900. The number of rotatable bonds is 5. The Balaban J connectivity index is 1.67. The topological polar surface area (TPSA) is 79.5 Å². The van der Waals surface area contributed by atoms with Gasteiger partial charge in [0.1, 0.15) is 6.54 Å². The zero-order valence-corrected chi connectivity index (χ0v) is 15.2. The minimum Gasteiger partial charge on any atom is -0.453 e. The second-order valence-electron chi connectivity index (χ2n) is 6.79. The molecule has 6 heteroatoms. The summed E-state index contributed by atoms with van der Waals surface area (Å²) < 4.78 is 5.34. The average Bonchev–Trinajstić information content (AvgIpc) is 2.81. The highest BCUT2D eigenvalue weighted by Gasteiger charge is 2.26. The number of aromatic amines is 1. The van der Waals surface area contributed by atoms with Gasteiger partial charge in [-0.05, 0) is 32.8 Å². The third-order valence-electron chi connectivity index (χ3n) is 4.81. The van der Waals surface area contributed by atoms with E-state index in [-0.39, 0.29) is 18.2 Å². The Labute approximate surface area is 152 Å². The summed E-state index contributed by atoms with van der Waals surface area (Å²) in [7, 11) is 0. The number of para-hydroxylation sites is 1. The molecule has 3 rings (SSSR count). The number of carbonyl (C=O) groups excluding carboxylic acids is 3. The third-order valence-corrected chi connectivity index (χ3v) is 4.81. The van der Waals surface area contributed by atoms with Crippen LogP contribution in [0.15, 0.2) is 24.3 Å². The summed E-state index contributed by atoms with van der Waals surface area (Å²) in [6.45, 7) is 3.88. The molecule has 1 N–H and O–H groups in total. The number of amides is 1. The smallest absolute Gasteiger partial charge is 0.326 e. The van der Waals surface area contributed by atoms with Crippen LogP contribution in [0.5, 0.6) is 0 Å². The Kier molecular flexibility index (Phi) is 5.40. The number of H-pyrrole nitrogens is 1. The fourth-order valence-corrected chi connectivity index (χ4v) is 3.45. The highest BCUT2D eigenvalue weighted by Crippen LogP contribution is 2.24. The molecule has 1 saturated heterocycles. The third kappa shape index (κ3) is 3.79. The van der Waals surface area contributed by atoms with Crippen LogP contribution in [-0.2, 0) is 14.3 Å². The predicted octanol–water partition coefficient (Wildman–Crippen LogP) is 2.99. The standard InChI is InChI=1S/C20H24N2O4/c1-13-19(15-8-5-6-9-16(15)21-13)20(25)14(2)26-18(24)12-22-11-7-3-4-10-17(22)23/h5-6,8-9,14,21H,3-4,7,10-12H2,1-2H3/t14-/m1/s1. The molecule has 2 heterocycles. The molecular weight excluding hydrogens is 332 g/mol. The molecule has 6 nitrogen and oxygen atoms in total. The van der Waals surface area contributed by atoms with Crippen molar-refractivity contribution in [1.82, 2.24) is 9.88 Å². The fourth-order valence-electron chi connectivity index (χ4n) is 3.45. The number of benzene rings is 1. The molecule has 1 aliphatic rings. The molecule has 0 bridgehead atoms. The van der Waals surface area contributed by atoms with Crippen molar-refractivity contribution in [3.05, 3.63) is 35.5 Å². The van der Waals surface area contributed by atoms with Gasteiger partial charge >= 0.3 is 5.97 Å². The van der Waals surface area contributed by atoms with Gasteiger partial charge in [-0.3, -0.25) is 14.4 Å². The number of aromatic nitrogens is 1. The number of hydrogen-bond acceptors (Lipinski definition) is 4. The van der Waals surface area contributed by atoms with Crippen LogP contribution in [0.1, 0.15) is 48.7 Å². The molecule has 0 aliphatic carbocycles. The van der Waals surface area contributed by atoms with E-state index in [0.29, 0.717) is 18.5 Å². The van der Waals surface area contributed by atoms with Crippen molar-refractivity contribution < 1.29 is 19.1 Å². The molecular formula is C20H24N2O4. The Morgan fingerprint density at radius 1 is 1.23 bits per heavy atom. The first kappa shape index (κ1) is 18.2. The lowest BCUT2D eigenvalue weighted by atomic mass is 10.0. The van der Waals surface area contributed by atoms with E-state index in [4.69, 9.17) is 4.74 Å². The van der Waals surface area contributed by atoms with Crippen LogP contribution in [0.25, 0.3) is 10.9 Å². The van der Waals surface area contributed by atoms with Crippen molar-refractivity contribution in [2.45, 2.75) is 45.6 Å². The van der Waals surface area contributed by atoms with Crippen LogP contribution in [0.2, 0.25) is 0 Å². The highest BCUT2D eigenvalue weighted by molar-refractivity contribution is 6.11. The van der Waals surface area contributed by atoms with Gasteiger partial charge in [0.05, 0.1) is 0 Å². The van der Waals surface area contributed by atoms with Gasteiger partial charge in [0, 0.05) is 35.1 Å². The van der Waals surface area contributed by atoms with Gasteiger partial charge in [0.25, 0.3) is 0 Å². The van der Waals surface area contributed by atoms with Gasteiger partial charge in [0.15, 0.2) is 6.10 Å². The summed E-state index contributed by atoms with van der Waals surface area (Å²) in [5, 5.41) is 0.820. The quantitative estimate of drug-likeness (QED) is 0.660.